The number of rotatable bonds is 4. The van der Waals surface area contributed by atoms with Gasteiger partial charge in [-0.15, -0.1) is 11.3 Å². The van der Waals surface area contributed by atoms with Crippen molar-refractivity contribution in [3.8, 4) is 0 Å². The van der Waals surface area contributed by atoms with E-state index in [0.717, 1.165) is 37.1 Å². The van der Waals surface area contributed by atoms with Gasteiger partial charge in [-0.3, -0.25) is 0 Å². The predicted molar refractivity (Wildman–Crippen MR) is 109 cm³/mol. The third-order valence-electron chi connectivity index (χ3n) is 6.20. The molecule has 3 nitrogen and oxygen atoms in total. The van der Waals surface area contributed by atoms with Crippen LogP contribution >= 0.6 is 11.3 Å². The zero-order valence-corrected chi connectivity index (χ0v) is 17.3. The summed E-state index contributed by atoms with van der Waals surface area (Å²) in [7, 11) is 0. The van der Waals surface area contributed by atoms with E-state index in [9.17, 15) is 0 Å². The Bertz CT molecular complexity index is 761. The molecule has 1 atom stereocenters. The average Bonchev–Trinajstić information content (AvgIpc) is 3.03. The van der Waals surface area contributed by atoms with Crippen LogP contribution in [-0.2, 0) is 11.2 Å². The lowest BCUT2D eigenvalue weighted by Crippen LogP contribution is -2.34. The quantitative estimate of drug-likeness (QED) is 0.642. The van der Waals surface area contributed by atoms with E-state index in [1.54, 1.807) is 4.88 Å². The van der Waals surface area contributed by atoms with Gasteiger partial charge in [-0.1, -0.05) is 19.3 Å². The summed E-state index contributed by atoms with van der Waals surface area (Å²) in [5.41, 5.74) is 1.31. The zero-order valence-electron chi connectivity index (χ0n) is 16.5. The number of aromatic nitrogens is 2. The van der Waals surface area contributed by atoms with E-state index >= 15 is 0 Å². The van der Waals surface area contributed by atoms with E-state index in [2.05, 4.69) is 19.9 Å². The molecule has 1 aliphatic carbocycles. The first-order chi connectivity index (χ1) is 12.5. The maximum atomic E-state index is 5.88. The van der Waals surface area contributed by atoms with Gasteiger partial charge in [0, 0.05) is 16.9 Å². The molecule has 1 aliphatic heterocycles. The summed E-state index contributed by atoms with van der Waals surface area (Å²) < 4.78 is 5.88. The van der Waals surface area contributed by atoms with Crippen LogP contribution in [0.2, 0.25) is 0 Å². The van der Waals surface area contributed by atoms with Crippen molar-refractivity contribution in [2.45, 2.75) is 90.1 Å². The Labute approximate surface area is 161 Å². The number of hydrogen-bond acceptors (Lipinski definition) is 4. The van der Waals surface area contributed by atoms with Gasteiger partial charge in [0.15, 0.2) is 0 Å². The van der Waals surface area contributed by atoms with Gasteiger partial charge in [-0.2, -0.15) is 0 Å². The lowest BCUT2D eigenvalue weighted by Gasteiger charge is -2.35. The van der Waals surface area contributed by atoms with Crippen LogP contribution < -0.4 is 0 Å². The Morgan fingerprint density at radius 1 is 1.15 bits per heavy atom. The molecule has 0 spiro atoms. The zero-order chi connectivity index (χ0) is 18.1. The summed E-state index contributed by atoms with van der Waals surface area (Å²) in [5, 5.41) is 1.33. The minimum absolute atomic E-state index is 0.0381. The Kier molecular flexibility index (Phi) is 5.34. The highest BCUT2D eigenvalue weighted by molar-refractivity contribution is 7.18. The monoisotopic (exact) mass is 372 g/mol. The molecule has 4 rings (SSSR count). The fourth-order valence-corrected chi connectivity index (χ4v) is 6.11. The molecular formula is C22H32N2OS. The van der Waals surface area contributed by atoms with Gasteiger partial charge < -0.3 is 4.74 Å². The number of aryl methyl sites for hydroxylation is 2. The smallest absolute Gasteiger partial charge is 0.127 e. The van der Waals surface area contributed by atoms with Crippen molar-refractivity contribution in [2.24, 2.45) is 5.92 Å². The molecule has 2 aromatic heterocycles. The molecule has 0 radical (unpaired) electrons. The number of thiophene rings is 1. The number of fused-ring (bicyclic) bond motifs is 1. The molecular weight excluding hydrogens is 340 g/mol. The van der Waals surface area contributed by atoms with E-state index in [1.165, 1.54) is 60.9 Å². The lowest BCUT2D eigenvalue weighted by atomic mass is 9.85. The first kappa shape index (κ1) is 18.4. The van der Waals surface area contributed by atoms with Crippen molar-refractivity contribution in [1.82, 2.24) is 9.97 Å². The summed E-state index contributed by atoms with van der Waals surface area (Å²) >= 11 is 1.92. The van der Waals surface area contributed by atoms with Crippen LogP contribution in [0.5, 0.6) is 0 Å². The third-order valence-corrected chi connectivity index (χ3v) is 7.39. The maximum Gasteiger partial charge on any atom is 0.127 e. The van der Waals surface area contributed by atoms with E-state index < -0.39 is 0 Å². The van der Waals surface area contributed by atoms with Gasteiger partial charge in [0.25, 0.3) is 0 Å². The lowest BCUT2D eigenvalue weighted by molar-refractivity contribution is -0.0734. The van der Waals surface area contributed by atoms with Crippen molar-refractivity contribution < 1.29 is 4.74 Å². The van der Waals surface area contributed by atoms with Crippen molar-refractivity contribution in [3.63, 3.8) is 0 Å². The molecule has 26 heavy (non-hydrogen) atoms. The van der Waals surface area contributed by atoms with Gasteiger partial charge in [0.1, 0.15) is 10.7 Å². The second kappa shape index (κ2) is 7.55. The molecule has 1 saturated carbocycles. The minimum atomic E-state index is 0.0381. The van der Waals surface area contributed by atoms with E-state index in [4.69, 9.17) is 14.7 Å². The standard InChI is InChI=1S/C22H32N2OS/c1-15-23-19(10-9-16-11-12-25-22(2,3)14-16)18-13-20(26-21(18)24-15)17-7-5-4-6-8-17/h13,16-17H,4-12,14H2,1-3H3. The second-order valence-corrected chi connectivity index (χ2v) is 9.99. The first-order valence-corrected chi connectivity index (χ1v) is 11.2. The van der Waals surface area contributed by atoms with Gasteiger partial charge in [0.2, 0.25) is 0 Å². The van der Waals surface area contributed by atoms with Crippen LogP contribution in [0.4, 0.5) is 0 Å². The topological polar surface area (TPSA) is 35.0 Å². The van der Waals surface area contributed by atoms with Crippen molar-refractivity contribution in [3.05, 3.63) is 22.5 Å². The van der Waals surface area contributed by atoms with E-state index in [0.29, 0.717) is 0 Å². The predicted octanol–water partition coefficient (Wildman–Crippen LogP) is 6.19. The maximum absolute atomic E-state index is 5.88. The third kappa shape index (κ3) is 4.12. The Balaban J connectivity index is 1.53. The van der Waals surface area contributed by atoms with Gasteiger partial charge >= 0.3 is 0 Å². The summed E-state index contributed by atoms with van der Waals surface area (Å²) in [6, 6.07) is 2.43. The van der Waals surface area contributed by atoms with Crippen molar-refractivity contribution in [1.29, 1.82) is 0 Å². The Morgan fingerprint density at radius 3 is 2.73 bits per heavy atom. The Hall–Kier alpha value is -1.00. The van der Waals surface area contributed by atoms with Crippen LogP contribution in [0.3, 0.4) is 0 Å². The fourth-order valence-electron chi connectivity index (χ4n) is 4.84. The molecule has 1 saturated heterocycles. The van der Waals surface area contributed by atoms with Crippen LogP contribution in [0.25, 0.3) is 10.2 Å². The fraction of sp³-hybridized carbons (Fsp3) is 0.727. The van der Waals surface area contributed by atoms with Gasteiger partial charge in [0.05, 0.1) is 11.3 Å². The highest BCUT2D eigenvalue weighted by atomic mass is 32.1. The summed E-state index contributed by atoms with van der Waals surface area (Å²) in [5.74, 6) is 2.43. The summed E-state index contributed by atoms with van der Waals surface area (Å²) in [6.45, 7) is 7.39. The van der Waals surface area contributed by atoms with E-state index in [-0.39, 0.29) is 5.60 Å². The molecule has 142 valence electrons. The molecule has 2 fully saturated rings. The van der Waals surface area contributed by atoms with Crippen molar-refractivity contribution in [2.75, 3.05) is 6.61 Å². The van der Waals surface area contributed by atoms with Crippen LogP contribution in [0.1, 0.15) is 87.5 Å². The number of nitrogens with zero attached hydrogens (tertiary/aromatic N) is 2. The molecule has 1 unspecified atom stereocenters. The molecule has 2 aliphatic rings. The second-order valence-electron chi connectivity index (χ2n) is 8.93. The molecule has 0 N–H and O–H groups in total. The molecule has 3 heterocycles. The van der Waals surface area contributed by atoms with Crippen molar-refractivity contribution >= 4 is 21.6 Å². The summed E-state index contributed by atoms with van der Waals surface area (Å²) in [4.78, 5) is 12.4. The number of ether oxygens (including phenoxy) is 1. The van der Waals surface area contributed by atoms with Gasteiger partial charge in [-0.25, -0.2) is 9.97 Å². The largest absolute Gasteiger partial charge is 0.376 e. The highest BCUT2D eigenvalue weighted by Crippen LogP contribution is 2.39. The molecule has 0 aromatic carbocycles. The minimum Gasteiger partial charge on any atom is -0.376 e. The molecule has 0 amide bonds. The van der Waals surface area contributed by atoms with Crippen LogP contribution in [0, 0.1) is 12.8 Å². The number of hydrogen-bond donors (Lipinski definition) is 0. The molecule has 0 bridgehead atoms. The normalized spacial score (nSPS) is 24.2. The summed E-state index contributed by atoms with van der Waals surface area (Å²) in [6.07, 6.45) is 11.5. The highest BCUT2D eigenvalue weighted by Gasteiger charge is 2.29. The molecule has 2 aromatic rings. The molecule has 4 heteroatoms. The SMILES string of the molecule is Cc1nc(CCC2CCOC(C)(C)C2)c2cc(C3CCCCC3)sc2n1. The van der Waals surface area contributed by atoms with E-state index in [1.807, 2.05) is 18.3 Å². The Morgan fingerprint density at radius 2 is 1.96 bits per heavy atom. The average molecular weight is 373 g/mol. The first-order valence-electron chi connectivity index (χ1n) is 10.4. The van der Waals surface area contributed by atoms with Gasteiger partial charge in [-0.05, 0) is 77.2 Å². The van der Waals surface area contributed by atoms with Crippen LogP contribution in [0.15, 0.2) is 6.07 Å². The van der Waals surface area contributed by atoms with Crippen LogP contribution in [-0.4, -0.2) is 22.2 Å².